The van der Waals surface area contributed by atoms with Crippen molar-refractivity contribution in [2.75, 3.05) is 6.61 Å². The molecule has 0 amide bonds. The molecule has 1 aromatic heterocycles. The number of carbonyl (C=O) groups excluding carboxylic acids is 1. The summed E-state index contributed by atoms with van der Waals surface area (Å²) in [7, 11) is 0. The zero-order valence-corrected chi connectivity index (χ0v) is 11.1. The minimum atomic E-state index is -0.390. The van der Waals surface area contributed by atoms with Gasteiger partial charge in [-0.3, -0.25) is 0 Å². The molecule has 5 heteroatoms. The van der Waals surface area contributed by atoms with Crippen molar-refractivity contribution in [3.8, 4) is 0 Å². The second-order valence-corrected chi connectivity index (χ2v) is 4.08. The predicted octanol–water partition coefficient (Wildman–Crippen LogP) is 2.20. The normalized spacial score (nSPS) is 10.9. The topological polar surface area (TPSA) is 57.0 Å². The van der Waals surface area contributed by atoms with Crippen LogP contribution in [0.25, 0.3) is 0 Å². The average Bonchev–Trinajstić information content (AvgIpc) is 2.68. The van der Waals surface area contributed by atoms with Gasteiger partial charge in [0, 0.05) is 6.54 Å². The summed E-state index contributed by atoms with van der Waals surface area (Å²) < 4.78 is 6.83. The monoisotopic (exact) mass is 239 g/mol. The van der Waals surface area contributed by atoms with E-state index in [4.69, 9.17) is 4.74 Å². The van der Waals surface area contributed by atoms with Crippen LogP contribution in [0, 0.1) is 12.8 Å². The van der Waals surface area contributed by atoms with Crippen LogP contribution >= 0.6 is 0 Å². The van der Waals surface area contributed by atoms with E-state index in [0.29, 0.717) is 18.3 Å². The van der Waals surface area contributed by atoms with Crippen LogP contribution in [-0.2, 0) is 11.3 Å². The summed E-state index contributed by atoms with van der Waals surface area (Å²) in [6.45, 7) is 9.08. The Bertz CT molecular complexity index is 370. The summed E-state index contributed by atoms with van der Waals surface area (Å²) in [6.07, 6.45) is 2.16. The lowest BCUT2D eigenvalue weighted by atomic mass is 10.0. The molecule has 0 spiro atoms. The van der Waals surface area contributed by atoms with E-state index in [9.17, 15) is 4.79 Å². The first-order valence-electron chi connectivity index (χ1n) is 6.20. The Hall–Kier alpha value is -1.39. The largest absolute Gasteiger partial charge is 0.460 e. The van der Waals surface area contributed by atoms with Gasteiger partial charge in [-0.25, -0.2) is 4.79 Å². The van der Waals surface area contributed by atoms with Crippen molar-refractivity contribution in [2.24, 2.45) is 5.92 Å². The van der Waals surface area contributed by atoms with Gasteiger partial charge in [0.15, 0.2) is 0 Å². The number of hydrogen-bond acceptors (Lipinski definition) is 4. The molecule has 96 valence electrons. The third-order valence-corrected chi connectivity index (χ3v) is 2.99. The number of nitrogens with zero attached hydrogens (tertiary/aromatic N) is 3. The first kappa shape index (κ1) is 13.7. The zero-order chi connectivity index (χ0) is 12.8. The van der Waals surface area contributed by atoms with Crippen LogP contribution in [0.15, 0.2) is 0 Å². The highest BCUT2D eigenvalue weighted by Gasteiger charge is 2.19. The molecule has 0 radical (unpaired) electrons. The fraction of sp³-hybridized carbons (Fsp3) is 0.750. The SMILES string of the molecule is CCOC(=O)c1nnc(C)n1CC(CC)CC. The summed E-state index contributed by atoms with van der Waals surface area (Å²) in [6, 6.07) is 0. The molecule has 0 fully saturated rings. The predicted molar refractivity (Wildman–Crippen MR) is 64.8 cm³/mol. The molecule has 0 N–H and O–H groups in total. The lowest BCUT2D eigenvalue weighted by Crippen LogP contribution is -2.18. The smallest absolute Gasteiger partial charge is 0.376 e. The van der Waals surface area contributed by atoms with E-state index in [-0.39, 0.29) is 5.97 Å². The highest BCUT2D eigenvalue weighted by atomic mass is 16.5. The van der Waals surface area contributed by atoms with Gasteiger partial charge in [0.05, 0.1) is 6.61 Å². The fourth-order valence-corrected chi connectivity index (χ4v) is 1.75. The second kappa shape index (κ2) is 6.37. The van der Waals surface area contributed by atoms with Crippen LogP contribution in [0.1, 0.15) is 50.1 Å². The maximum Gasteiger partial charge on any atom is 0.376 e. The molecular weight excluding hydrogens is 218 g/mol. The molecule has 0 aliphatic rings. The summed E-state index contributed by atoms with van der Waals surface area (Å²) >= 11 is 0. The first-order chi connectivity index (χ1) is 8.13. The minimum Gasteiger partial charge on any atom is -0.460 e. The maximum absolute atomic E-state index is 11.7. The molecule has 0 aliphatic heterocycles. The highest BCUT2D eigenvalue weighted by molar-refractivity contribution is 5.85. The first-order valence-corrected chi connectivity index (χ1v) is 6.20. The van der Waals surface area contributed by atoms with E-state index in [1.165, 1.54) is 0 Å². The van der Waals surface area contributed by atoms with E-state index in [0.717, 1.165) is 25.2 Å². The minimum absolute atomic E-state index is 0.316. The van der Waals surface area contributed by atoms with Gasteiger partial charge >= 0.3 is 5.97 Å². The number of ether oxygens (including phenoxy) is 1. The van der Waals surface area contributed by atoms with Gasteiger partial charge in [-0.15, -0.1) is 10.2 Å². The van der Waals surface area contributed by atoms with Gasteiger partial charge in [-0.1, -0.05) is 26.7 Å². The molecule has 1 heterocycles. The van der Waals surface area contributed by atoms with Gasteiger partial charge in [0.1, 0.15) is 5.82 Å². The molecule has 5 nitrogen and oxygen atoms in total. The number of aromatic nitrogens is 3. The van der Waals surface area contributed by atoms with E-state index in [1.807, 2.05) is 11.5 Å². The maximum atomic E-state index is 11.7. The average molecular weight is 239 g/mol. The van der Waals surface area contributed by atoms with E-state index < -0.39 is 0 Å². The number of esters is 1. The van der Waals surface area contributed by atoms with Crippen LogP contribution in [0.2, 0.25) is 0 Å². The zero-order valence-electron chi connectivity index (χ0n) is 11.1. The molecule has 1 aromatic rings. The Morgan fingerprint density at radius 3 is 2.47 bits per heavy atom. The van der Waals surface area contributed by atoms with Crippen molar-refractivity contribution in [2.45, 2.75) is 47.1 Å². The van der Waals surface area contributed by atoms with Crippen molar-refractivity contribution >= 4 is 5.97 Å². The van der Waals surface area contributed by atoms with Crippen molar-refractivity contribution in [3.05, 3.63) is 11.6 Å². The molecule has 0 saturated heterocycles. The van der Waals surface area contributed by atoms with E-state index in [1.54, 1.807) is 6.92 Å². The Balaban J connectivity index is 2.89. The number of hydrogen-bond donors (Lipinski definition) is 0. The quantitative estimate of drug-likeness (QED) is 0.714. The third-order valence-electron chi connectivity index (χ3n) is 2.99. The summed E-state index contributed by atoms with van der Waals surface area (Å²) in [4.78, 5) is 11.7. The molecule has 1 rings (SSSR count). The van der Waals surface area contributed by atoms with Crippen LogP contribution in [-0.4, -0.2) is 27.3 Å². The van der Waals surface area contributed by atoms with E-state index >= 15 is 0 Å². The Kier molecular flexibility index (Phi) is 5.12. The molecule has 0 unspecified atom stereocenters. The van der Waals surface area contributed by atoms with Crippen molar-refractivity contribution in [3.63, 3.8) is 0 Å². The van der Waals surface area contributed by atoms with Crippen LogP contribution in [0.4, 0.5) is 0 Å². The molecule has 0 saturated carbocycles. The lowest BCUT2D eigenvalue weighted by molar-refractivity contribution is 0.0504. The number of carbonyl (C=O) groups is 1. The van der Waals surface area contributed by atoms with E-state index in [2.05, 4.69) is 24.0 Å². The third kappa shape index (κ3) is 3.28. The lowest BCUT2D eigenvalue weighted by Gasteiger charge is -2.15. The van der Waals surface area contributed by atoms with Crippen molar-refractivity contribution in [1.29, 1.82) is 0 Å². The van der Waals surface area contributed by atoms with Crippen molar-refractivity contribution < 1.29 is 9.53 Å². The van der Waals surface area contributed by atoms with Gasteiger partial charge in [-0.2, -0.15) is 0 Å². The highest BCUT2D eigenvalue weighted by Crippen LogP contribution is 2.14. The molecule has 17 heavy (non-hydrogen) atoms. The molecule has 0 aliphatic carbocycles. The van der Waals surface area contributed by atoms with Crippen LogP contribution in [0.5, 0.6) is 0 Å². The Morgan fingerprint density at radius 2 is 1.94 bits per heavy atom. The Morgan fingerprint density at radius 1 is 1.29 bits per heavy atom. The Labute approximate surface area is 102 Å². The standard InChI is InChI=1S/C12H21N3O2/c1-5-10(6-2)8-15-9(4)13-14-11(15)12(16)17-7-3/h10H,5-8H2,1-4H3. The molecule has 0 atom stereocenters. The van der Waals surface area contributed by atoms with Gasteiger partial charge in [0.2, 0.25) is 5.82 Å². The molecule has 0 bridgehead atoms. The van der Waals surface area contributed by atoms with Gasteiger partial charge < -0.3 is 9.30 Å². The number of aryl methyl sites for hydroxylation is 1. The van der Waals surface area contributed by atoms with Crippen LogP contribution in [0.3, 0.4) is 0 Å². The second-order valence-electron chi connectivity index (χ2n) is 4.08. The summed E-state index contributed by atoms with van der Waals surface area (Å²) in [5.74, 6) is 1.23. The summed E-state index contributed by atoms with van der Waals surface area (Å²) in [5, 5.41) is 7.85. The van der Waals surface area contributed by atoms with Crippen molar-refractivity contribution in [1.82, 2.24) is 14.8 Å². The molecular formula is C12H21N3O2. The number of rotatable bonds is 6. The van der Waals surface area contributed by atoms with Gasteiger partial charge in [0.25, 0.3) is 0 Å². The molecule has 0 aromatic carbocycles. The van der Waals surface area contributed by atoms with Crippen LogP contribution < -0.4 is 0 Å². The fourth-order valence-electron chi connectivity index (χ4n) is 1.75. The summed E-state index contributed by atoms with van der Waals surface area (Å²) in [5.41, 5.74) is 0. The van der Waals surface area contributed by atoms with Gasteiger partial charge in [-0.05, 0) is 19.8 Å².